The van der Waals surface area contributed by atoms with Gasteiger partial charge in [0.1, 0.15) is 0 Å². The van der Waals surface area contributed by atoms with Crippen molar-refractivity contribution in [2.45, 2.75) is 40.7 Å². The van der Waals surface area contributed by atoms with E-state index in [9.17, 15) is 4.79 Å². The fourth-order valence-corrected chi connectivity index (χ4v) is 1.83. The zero-order chi connectivity index (χ0) is 13.7. The Kier molecular flexibility index (Phi) is 5.20. The minimum absolute atomic E-state index is 0.0220. The molecule has 100 valence electrons. The quantitative estimate of drug-likeness (QED) is 0.753. The zero-order valence-electron chi connectivity index (χ0n) is 12.0. The maximum Gasteiger partial charge on any atom is 0.165 e. The number of benzene rings is 1. The van der Waals surface area contributed by atoms with Crippen LogP contribution < -0.4 is 10.6 Å². The Morgan fingerprint density at radius 1 is 1.11 bits per heavy atom. The third kappa shape index (κ3) is 4.06. The van der Waals surface area contributed by atoms with Gasteiger partial charge in [-0.25, -0.2) is 0 Å². The second kappa shape index (κ2) is 6.43. The first-order chi connectivity index (χ1) is 8.43. The summed E-state index contributed by atoms with van der Waals surface area (Å²) in [5.41, 5.74) is 2.76. The van der Waals surface area contributed by atoms with E-state index in [1.807, 2.05) is 39.0 Å². The van der Waals surface area contributed by atoms with Gasteiger partial charge in [0.05, 0.1) is 0 Å². The van der Waals surface area contributed by atoms with Crippen molar-refractivity contribution in [3.63, 3.8) is 0 Å². The number of Topliss-reactive ketones (excluding diaryl/α,β-unsaturated/α-hetero) is 1. The monoisotopic (exact) mass is 248 g/mol. The first-order valence-corrected chi connectivity index (χ1v) is 6.63. The fraction of sp³-hybridized carbons (Fsp3) is 0.533. The first-order valence-electron chi connectivity index (χ1n) is 6.63. The van der Waals surface area contributed by atoms with E-state index in [4.69, 9.17) is 0 Å². The standard InChI is InChI=1S/C15H24N2O/c1-6-16-13-7-12(15(18)10(2)3)8-14(9-13)17-11(4)5/h7-11,16-17H,6H2,1-5H3. The maximum absolute atomic E-state index is 12.1. The molecular weight excluding hydrogens is 224 g/mol. The highest BCUT2D eigenvalue weighted by molar-refractivity contribution is 5.99. The van der Waals surface area contributed by atoms with Crippen molar-refractivity contribution >= 4 is 17.2 Å². The Bertz CT molecular complexity index is 411. The van der Waals surface area contributed by atoms with Gasteiger partial charge in [-0.05, 0) is 39.0 Å². The number of nitrogens with one attached hydrogen (secondary N) is 2. The molecule has 0 atom stereocenters. The lowest BCUT2D eigenvalue weighted by Crippen LogP contribution is -2.13. The molecule has 0 saturated heterocycles. The summed E-state index contributed by atoms with van der Waals surface area (Å²) in [7, 11) is 0. The molecular formula is C15H24N2O. The molecule has 0 saturated carbocycles. The number of hydrogen-bond acceptors (Lipinski definition) is 3. The van der Waals surface area contributed by atoms with Gasteiger partial charge < -0.3 is 10.6 Å². The summed E-state index contributed by atoms with van der Waals surface area (Å²) in [5.74, 6) is 0.204. The van der Waals surface area contributed by atoms with Gasteiger partial charge in [-0.1, -0.05) is 13.8 Å². The van der Waals surface area contributed by atoms with E-state index in [-0.39, 0.29) is 11.7 Å². The minimum Gasteiger partial charge on any atom is -0.385 e. The van der Waals surface area contributed by atoms with E-state index in [2.05, 4.69) is 24.5 Å². The van der Waals surface area contributed by atoms with Crippen LogP contribution in [0.15, 0.2) is 18.2 Å². The summed E-state index contributed by atoms with van der Waals surface area (Å²) in [4.78, 5) is 12.1. The van der Waals surface area contributed by atoms with E-state index in [1.165, 1.54) is 0 Å². The number of carbonyl (C=O) groups is 1. The number of ketones is 1. The van der Waals surface area contributed by atoms with Gasteiger partial charge in [-0.15, -0.1) is 0 Å². The van der Waals surface area contributed by atoms with E-state index in [1.54, 1.807) is 0 Å². The van der Waals surface area contributed by atoms with E-state index >= 15 is 0 Å². The van der Waals surface area contributed by atoms with Crippen molar-refractivity contribution < 1.29 is 4.79 Å². The average molecular weight is 248 g/mol. The van der Waals surface area contributed by atoms with Gasteiger partial charge in [0.15, 0.2) is 5.78 Å². The van der Waals surface area contributed by atoms with Gasteiger partial charge in [-0.3, -0.25) is 4.79 Å². The largest absolute Gasteiger partial charge is 0.385 e. The van der Waals surface area contributed by atoms with Crippen molar-refractivity contribution in [2.24, 2.45) is 5.92 Å². The molecule has 0 spiro atoms. The van der Waals surface area contributed by atoms with Crippen LogP contribution in [0.25, 0.3) is 0 Å². The van der Waals surface area contributed by atoms with Crippen LogP contribution in [0, 0.1) is 5.92 Å². The van der Waals surface area contributed by atoms with E-state index < -0.39 is 0 Å². The Hall–Kier alpha value is -1.51. The van der Waals surface area contributed by atoms with Gasteiger partial charge in [0.2, 0.25) is 0 Å². The van der Waals surface area contributed by atoms with Crippen LogP contribution in [0.4, 0.5) is 11.4 Å². The highest BCUT2D eigenvalue weighted by Gasteiger charge is 2.12. The predicted octanol–water partition coefficient (Wildman–Crippen LogP) is 3.78. The summed E-state index contributed by atoms with van der Waals surface area (Å²) < 4.78 is 0. The summed E-state index contributed by atoms with van der Waals surface area (Å²) in [6.07, 6.45) is 0. The van der Waals surface area contributed by atoms with Crippen LogP contribution in [-0.2, 0) is 0 Å². The molecule has 0 amide bonds. The molecule has 3 heteroatoms. The van der Waals surface area contributed by atoms with Crippen molar-refractivity contribution in [2.75, 3.05) is 17.2 Å². The summed E-state index contributed by atoms with van der Waals surface area (Å²) in [6, 6.07) is 6.25. The number of anilines is 2. The molecule has 0 unspecified atom stereocenters. The SMILES string of the molecule is CCNc1cc(NC(C)C)cc(C(=O)C(C)C)c1. The molecule has 0 heterocycles. The molecule has 0 fully saturated rings. The highest BCUT2D eigenvalue weighted by atomic mass is 16.1. The molecule has 0 bridgehead atoms. The third-order valence-corrected chi connectivity index (χ3v) is 2.58. The van der Waals surface area contributed by atoms with Crippen LogP contribution >= 0.6 is 0 Å². The van der Waals surface area contributed by atoms with E-state index in [0.717, 1.165) is 23.5 Å². The second-order valence-electron chi connectivity index (χ2n) is 5.15. The topological polar surface area (TPSA) is 41.1 Å². The average Bonchev–Trinajstić information content (AvgIpc) is 2.27. The number of rotatable bonds is 6. The van der Waals surface area contributed by atoms with Gasteiger partial charge in [0.25, 0.3) is 0 Å². The molecule has 0 aliphatic carbocycles. The molecule has 1 aromatic carbocycles. The molecule has 0 aliphatic rings. The van der Waals surface area contributed by atoms with Crippen molar-refractivity contribution in [1.29, 1.82) is 0 Å². The molecule has 3 nitrogen and oxygen atoms in total. The minimum atomic E-state index is 0.0220. The van der Waals surface area contributed by atoms with Crippen LogP contribution in [-0.4, -0.2) is 18.4 Å². The third-order valence-electron chi connectivity index (χ3n) is 2.58. The summed E-state index contributed by atoms with van der Waals surface area (Å²) >= 11 is 0. The van der Waals surface area contributed by atoms with E-state index in [0.29, 0.717) is 6.04 Å². The lowest BCUT2D eigenvalue weighted by molar-refractivity contribution is 0.0939. The molecule has 0 aromatic heterocycles. The highest BCUT2D eigenvalue weighted by Crippen LogP contribution is 2.22. The summed E-state index contributed by atoms with van der Waals surface area (Å²) in [6.45, 7) is 10.9. The summed E-state index contributed by atoms with van der Waals surface area (Å²) in [5, 5.41) is 6.61. The number of hydrogen-bond donors (Lipinski definition) is 2. The Morgan fingerprint density at radius 3 is 2.22 bits per heavy atom. The molecule has 0 radical (unpaired) electrons. The lowest BCUT2D eigenvalue weighted by atomic mass is 10.00. The van der Waals surface area contributed by atoms with Crippen LogP contribution in [0.1, 0.15) is 45.0 Å². The molecule has 2 N–H and O–H groups in total. The second-order valence-corrected chi connectivity index (χ2v) is 5.15. The maximum atomic E-state index is 12.1. The van der Waals surface area contributed by atoms with Gasteiger partial charge >= 0.3 is 0 Å². The fourth-order valence-electron chi connectivity index (χ4n) is 1.83. The Morgan fingerprint density at radius 2 is 1.72 bits per heavy atom. The normalized spacial score (nSPS) is 10.8. The number of carbonyl (C=O) groups excluding carboxylic acids is 1. The van der Waals surface area contributed by atoms with Gasteiger partial charge in [0, 0.05) is 35.4 Å². The first kappa shape index (κ1) is 14.6. The van der Waals surface area contributed by atoms with Crippen LogP contribution in [0.3, 0.4) is 0 Å². The van der Waals surface area contributed by atoms with Crippen LogP contribution in [0.2, 0.25) is 0 Å². The lowest BCUT2D eigenvalue weighted by Gasteiger charge is -2.15. The molecule has 1 rings (SSSR count). The van der Waals surface area contributed by atoms with Crippen molar-refractivity contribution in [3.05, 3.63) is 23.8 Å². The van der Waals surface area contributed by atoms with Crippen molar-refractivity contribution in [3.8, 4) is 0 Å². The van der Waals surface area contributed by atoms with Crippen LogP contribution in [0.5, 0.6) is 0 Å². The van der Waals surface area contributed by atoms with Crippen molar-refractivity contribution in [1.82, 2.24) is 0 Å². The van der Waals surface area contributed by atoms with Gasteiger partial charge in [-0.2, -0.15) is 0 Å². The predicted molar refractivity (Wildman–Crippen MR) is 78.5 cm³/mol. The Balaban J connectivity index is 3.09. The Labute approximate surface area is 110 Å². The smallest absolute Gasteiger partial charge is 0.165 e. The molecule has 18 heavy (non-hydrogen) atoms. The zero-order valence-corrected chi connectivity index (χ0v) is 12.0. The molecule has 0 aliphatic heterocycles. The molecule has 1 aromatic rings.